The lowest BCUT2D eigenvalue weighted by Gasteiger charge is -2.41. The van der Waals surface area contributed by atoms with Gasteiger partial charge in [0.15, 0.2) is 0 Å². The highest BCUT2D eigenvalue weighted by molar-refractivity contribution is 5.23. The molecule has 0 spiro atoms. The molecule has 2 aromatic rings. The average Bonchev–Trinajstić information content (AvgIpc) is 2.62. The van der Waals surface area contributed by atoms with Crippen LogP contribution >= 0.6 is 0 Å². The molecule has 0 aliphatic rings. The lowest BCUT2D eigenvalue weighted by Crippen LogP contribution is -2.42. The Morgan fingerprint density at radius 2 is 1.30 bits per heavy atom. The van der Waals surface area contributed by atoms with Gasteiger partial charge in [-0.3, -0.25) is 0 Å². The van der Waals surface area contributed by atoms with Crippen LogP contribution in [-0.4, -0.2) is 33.6 Å². The highest BCUT2D eigenvalue weighted by Crippen LogP contribution is 2.45. The third kappa shape index (κ3) is 3.62. The van der Waals surface area contributed by atoms with E-state index in [1.165, 1.54) is 0 Å². The van der Waals surface area contributed by atoms with Gasteiger partial charge in [-0.05, 0) is 11.1 Å². The molecule has 0 aromatic heterocycles. The number of aliphatic hydroxyl groups excluding tert-OH is 4. The Hall–Kier alpha value is -1.72. The van der Waals surface area contributed by atoms with E-state index in [2.05, 4.69) is 0 Å². The summed E-state index contributed by atoms with van der Waals surface area (Å²) in [6.45, 7) is 0.965. The molecule has 2 aromatic carbocycles. The van der Waals surface area contributed by atoms with Crippen LogP contribution in [0.4, 0.5) is 0 Å². The first-order chi connectivity index (χ1) is 11.0. The Morgan fingerprint density at radius 3 is 1.74 bits per heavy atom. The Morgan fingerprint density at radius 1 is 0.826 bits per heavy atom. The first-order valence-corrected chi connectivity index (χ1v) is 7.72. The van der Waals surface area contributed by atoms with Gasteiger partial charge in [0, 0.05) is 17.9 Å². The number of benzene rings is 2. The van der Waals surface area contributed by atoms with Crippen LogP contribution in [-0.2, 0) is 0 Å². The first kappa shape index (κ1) is 17.6. The maximum atomic E-state index is 10.8. The fraction of sp³-hybridized carbons (Fsp3) is 0.368. The Bertz CT molecular complexity index is 587. The lowest BCUT2D eigenvalue weighted by atomic mass is 9.68. The first-order valence-electron chi connectivity index (χ1n) is 7.72. The van der Waals surface area contributed by atoms with Crippen molar-refractivity contribution in [2.45, 2.75) is 19.1 Å². The van der Waals surface area contributed by atoms with Gasteiger partial charge >= 0.3 is 0 Å². The van der Waals surface area contributed by atoms with Crippen molar-refractivity contribution in [3.05, 3.63) is 71.8 Å². The number of hydrogen-bond donors (Lipinski definition) is 4. The summed E-state index contributed by atoms with van der Waals surface area (Å²) in [6.07, 6.45) is -2.00. The zero-order valence-electron chi connectivity index (χ0n) is 13.2. The van der Waals surface area contributed by atoms with Crippen LogP contribution in [0.15, 0.2) is 60.7 Å². The van der Waals surface area contributed by atoms with Crippen LogP contribution in [0.3, 0.4) is 0 Å². The smallest absolute Gasteiger partial charge is 0.0870 e. The van der Waals surface area contributed by atoms with E-state index >= 15 is 0 Å². The normalized spacial score (nSPS) is 18.0. The van der Waals surface area contributed by atoms with Crippen molar-refractivity contribution in [1.82, 2.24) is 0 Å². The van der Waals surface area contributed by atoms with E-state index in [0.29, 0.717) is 11.1 Å². The topological polar surface area (TPSA) is 80.9 Å². The second-order valence-corrected chi connectivity index (χ2v) is 6.12. The Balaban J connectivity index is 2.35. The van der Waals surface area contributed by atoms with Crippen molar-refractivity contribution >= 4 is 0 Å². The van der Waals surface area contributed by atoms with E-state index in [4.69, 9.17) is 0 Å². The largest absolute Gasteiger partial charge is 0.396 e. The third-order valence-electron chi connectivity index (χ3n) is 4.65. The quantitative estimate of drug-likeness (QED) is 0.630. The van der Waals surface area contributed by atoms with Crippen LogP contribution in [0.25, 0.3) is 0 Å². The van der Waals surface area contributed by atoms with E-state index in [1.54, 1.807) is 55.5 Å². The number of hydrogen-bond acceptors (Lipinski definition) is 4. The van der Waals surface area contributed by atoms with Gasteiger partial charge in [-0.15, -0.1) is 0 Å². The van der Waals surface area contributed by atoms with E-state index in [9.17, 15) is 20.4 Å². The molecule has 0 radical (unpaired) electrons. The summed E-state index contributed by atoms with van der Waals surface area (Å²) in [5.41, 5.74) is 0.194. The minimum absolute atomic E-state index is 0.350. The predicted molar refractivity (Wildman–Crippen MR) is 88.6 cm³/mol. The van der Waals surface area contributed by atoms with E-state index in [-0.39, 0.29) is 13.2 Å². The van der Waals surface area contributed by atoms with Crippen LogP contribution in [0.5, 0.6) is 0 Å². The Kier molecular flexibility index (Phi) is 5.91. The molecule has 0 saturated carbocycles. The minimum Gasteiger partial charge on any atom is -0.396 e. The van der Waals surface area contributed by atoms with Crippen molar-refractivity contribution in [1.29, 1.82) is 0 Å². The van der Waals surface area contributed by atoms with Gasteiger partial charge in [0.2, 0.25) is 0 Å². The summed E-state index contributed by atoms with van der Waals surface area (Å²) in [4.78, 5) is 0. The van der Waals surface area contributed by atoms with Crippen molar-refractivity contribution in [3.63, 3.8) is 0 Å². The molecule has 2 rings (SSSR count). The van der Waals surface area contributed by atoms with Crippen molar-refractivity contribution in [3.8, 4) is 0 Å². The third-order valence-corrected chi connectivity index (χ3v) is 4.65. The summed E-state index contributed by atoms with van der Waals surface area (Å²) >= 11 is 0. The van der Waals surface area contributed by atoms with Gasteiger partial charge in [-0.2, -0.15) is 0 Å². The SMILES string of the molecule is C[C@@](CO)([C@H](O)c1ccccc1)[C@H](CO)[C@@H](O)c1ccccc1. The summed E-state index contributed by atoms with van der Waals surface area (Å²) < 4.78 is 0. The summed E-state index contributed by atoms with van der Waals surface area (Å²) in [5, 5.41) is 41.2. The molecule has 0 fully saturated rings. The second kappa shape index (κ2) is 7.70. The highest BCUT2D eigenvalue weighted by atomic mass is 16.3. The summed E-state index contributed by atoms with van der Waals surface area (Å²) in [5.74, 6) is -0.717. The van der Waals surface area contributed by atoms with Crippen LogP contribution in [0, 0.1) is 11.3 Å². The molecule has 4 atom stereocenters. The molecular weight excluding hydrogens is 292 g/mol. The molecule has 0 unspecified atom stereocenters. The molecule has 0 bridgehead atoms. The van der Waals surface area contributed by atoms with Crippen molar-refractivity contribution < 1.29 is 20.4 Å². The Labute approximate surface area is 136 Å². The van der Waals surface area contributed by atoms with Gasteiger partial charge in [-0.25, -0.2) is 0 Å². The fourth-order valence-electron chi connectivity index (χ4n) is 2.97. The monoisotopic (exact) mass is 316 g/mol. The van der Waals surface area contributed by atoms with Crippen LogP contribution in [0.1, 0.15) is 30.3 Å². The fourth-order valence-corrected chi connectivity index (χ4v) is 2.97. The maximum absolute atomic E-state index is 10.8. The van der Waals surface area contributed by atoms with Crippen molar-refractivity contribution in [2.24, 2.45) is 11.3 Å². The predicted octanol–water partition coefficient (Wildman–Crippen LogP) is 2.06. The van der Waals surface area contributed by atoms with Gasteiger partial charge < -0.3 is 20.4 Å². The molecule has 23 heavy (non-hydrogen) atoms. The molecule has 0 saturated heterocycles. The molecule has 0 heterocycles. The van der Waals surface area contributed by atoms with Gasteiger partial charge in [-0.1, -0.05) is 67.6 Å². The molecule has 4 heteroatoms. The lowest BCUT2D eigenvalue weighted by molar-refractivity contribution is -0.105. The summed E-state index contributed by atoms with van der Waals surface area (Å²) in [6, 6.07) is 18.0. The maximum Gasteiger partial charge on any atom is 0.0870 e. The molecule has 0 aliphatic carbocycles. The second-order valence-electron chi connectivity index (χ2n) is 6.12. The standard InChI is InChI=1S/C19H24O4/c1-19(13-21,18(23)15-10-6-3-7-11-15)16(12-20)17(22)14-8-4-2-5-9-14/h2-11,16-18,20-23H,12-13H2,1H3/t16-,17+,18-,19+/m1/s1. The number of aliphatic hydroxyl groups is 4. The zero-order valence-corrected chi connectivity index (χ0v) is 13.2. The summed E-state index contributed by atoms with van der Waals surface area (Å²) in [7, 11) is 0. The van der Waals surface area contributed by atoms with Crippen LogP contribution in [0.2, 0.25) is 0 Å². The van der Waals surface area contributed by atoms with Crippen LogP contribution < -0.4 is 0 Å². The van der Waals surface area contributed by atoms with E-state index < -0.39 is 23.5 Å². The minimum atomic E-state index is -1.09. The molecule has 4 N–H and O–H groups in total. The molecule has 0 amide bonds. The van der Waals surface area contributed by atoms with E-state index in [1.807, 2.05) is 12.1 Å². The highest BCUT2D eigenvalue weighted by Gasteiger charge is 2.44. The molecule has 0 aliphatic heterocycles. The molecule has 4 nitrogen and oxygen atoms in total. The molecule has 124 valence electrons. The van der Waals surface area contributed by atoms with Gasteiger partial charge in [0.05, 0.1) is 18.8 Å². The van der Waals surface area contributed by atoms with Gasteiger partial charge in [0.1, 0.15) is 0 Å². The number of rotatable bonds is 7. The molecular formula is C19H24O4. The van der Waals surface area contributed by atoms with Gasteiger partial charge in [0.25, 0.3) is 0 Å². The zero-order chi connectivity index (χ0) is 16.9. The van der Waals surface area contributed by atoms with E-state index in [0.717, 1.165) is 0 Å². The average molecular weight is 316 g/mol. The van der Waals surface area contributed by atoms with Crippen molar-refractivity contribution in [2.75, 3.05) is 13.2 Å².